The summed E-state index contributed by atoms with van der Waals surface area (Å²) in [4.78, 5) is 28.5. The predicted molar refractivity (Wildman–Crippen MR) is 121 cm³/mol. The smallest absolute Gasteiger partial charge is 0.266 e. The van der Waals surface area contributed by atoms with Crippen molar-refractivity contribution in [1.29, 1.82) is 0 Å². The molecule has 1 aromatic carbocycles. The number of hydrogen-bond donors (Lipinski definition) is 0. The Labute approximate surface area is 181 Å². The molecule has 2 aromatic heterocycles. The zero-order chi connectivity index (χ0) is 21.1. The van der Waals surface area contributed by atoms with Gasteiger partial charge in [-0.1, -0.05) is 35.9 Å². The minimum absolute atomic E-state index is 0.0909. The van der Waals surface area contributed by atoms with Crippen molar-refractivity contribution in [2.24, 2.45) is 5.92 Å². The van der Waals surface area contributed by atoms with Crippen molar-refractivity contribution < 1.29 is 4.79 Å². The molecule has 1 saturated heterocycles. The molecule has 1 fully saturated rings. The molecule has 0 N–H and O–H groups in total. The van der Waals surface area contributed by atoms with E-state index in [-0.39, 0.29) is 23.3 Å². The maximum Gasteiger partial charge on any atom is 0.266 e. The lowest BCUT2D eigenvalue weighted by atomic mass is 9.94. The quantitative estimate of drug-likeness (QED) is 0.616. The average molecular weight is 422 g/mol. The summed E-state index contributed by atoms with van der Waals surface area (Å²) in [6.07, 6.45) is 1.95. The SMILES string of the molecule is Cc1ccc([C@H](C)C(=O)N2CCC[C@@H](Cn3nc(-c4cccs4)ccc3=O)C2)cc1. The highest BCUT2D eigenvalue weighted by Gasteiger charge is 2.28. The number of nitrogens with zero attached hydrogens (tertiary/aromatic N) is 3. The van der Waals surface area contributed by atoms with E-state index in [9.17, 15) is 9.59 Å². The van der Waals surface area contributed by atoms with E-state index in [4.69, 9.17) is 0 Å². The molecule has 1 amide bonds. The highest BCUT2D eigenvalue weighted by Crippen LogP contribution is 2.25. The first-order valence-corrected chi connectivity index (χ1v) is 11.4. The first kappa shape index (κ1) is 20.5. The molecule has 2 atom stereocenters. The fraction of sp³-hybridized carbons (Fsp3) is 0.375. The van der Waals surface area contributed by atoms with Crippen LogP contribution >= 0.6 is 11.3 Å². The summed E-state index contributed by atoms with van der Waals surface area (Å²) in [7, 11) is 0. The number of carbonyl (C=O) groups excluding carboxylic acids is 1. The molecule has 3 heterocycles. The van der Waals surface area contributed by atoms with Gasteiger partial charge >= 0.3 is 0 Å². The fourth-order valence-corrected chi connectivity index (χ4v) is 4.76. The van der Waals surface area contributed by atoms with Gasteiger partial charge in [0.15, 0.2) is 0 Å². The van der Waals surface area contributed by atoms with Gasteiger partial charge in [0.25, 0.3) is 5.56 Å². The van der Waals surface area contributed by atoms with Crippen molar-refractivity contribution in [2.45, 2.75) is 39.2 Å². The Balaban J connectivity index is 1.45. The lowest BCUT2D eigenvalue weighted by Crippen LogP contribution is -2.43. The standard InChI is InChI=1S/C24H27N3O2S/c1-17-7-9-20(10-8-17)18(2)24(29)26-13-3-5-19(15-26)16-27-23(28)12-11-21(25-27)22-6-4-14-30-22/h4,6-12,14,18-19H,3,5,13,15-16H2,1-2H3/t18-,19+/m0/s1. The Morgan fingerprint density at radius 3 is 2.73 bits per heavy atom. The van der Waals surface area contributed by atoms with Crippen LogP contribution < -0.4 is 5.56 Å². The van der Waals surface area contributed by atoms with Crippen molar-refractivity contribution >= 4 is 17.2 Å². The number of likely N-dealkylation sites (tertiary alicyclic amines) is 1. The molecule has 0 bridgehead atoms. The van der Waals surface area contributed by atoms with Gasteiger partial charge in [-0.2, -0.15) is 5.10 Å². The van der Waals surface area contributed by atoms with Crippen LogP contribution in [0.25, 0.3) is 10.6 Å². The predicted octanol–water partition coefficient (Wildman–Crippen LogP) is 4.32. The molecule has 1 aliphatic rings. The fourth-order valence-electron chi connectivity index (χ4n) is 4.07. The van der Waals surface area contributed by atoms with Gasteiger partial charge in [0.1, 0.15) is 5.69 Å². The average Bonchev–Trinajstić information content (AvgIpc) is 3.30. The third kappa shape index (κ3) is 4.54. The summed E-state index contributed by atoms with van der Waals surface area (Å²) >= 11 is 1.61. The topological polar surface area (TPSA) is 55.2 Å². The monoisotopic (exact) mass is 421 g/mol. The minimum Gasteiger partial charge on any atom is -0.342 e. The summed E-state index contributed by atoms with van der Waals surface area (Å²) < 4.78 is 1.57. The van der Waals surface area contributed by atoms with Gasteiger partial charge in [-0.25, -0.2) is 4.68 Å². The third-order valence-corrected chi connectivity index (χ3v) is 6.74. The normalized spacial score (nSPS) is 17.7. The van der Waals surface area contributed by atoms with Gasteiger partial charge in [-0.3, -0.25) is 9.59 Å². The second-order valence-electron chi connectivity index (χ2n) is 8.14. The summed E-state index contributed by atoms with van der Waals surface area (Å²) in [5, 5.41) is 6.59. The highest BCUT2D eigenvalue weighted by molar-refractivity contribution is 7.13. The van der Waals surface area contributed by atoms with E-state index >= 15 is 0 Å². The number of carbonyl (C=O) groups is 1. The van der Waals surface area contributed by atoms with Gasteiger partial charge in [-0.15, -0.1) is 11.3 Å². The Kier molecular flexibility index (Phi) is 6.13. The zero-order valence-corrected chi connectivity index (χ0v) is 18.3. The summed E-state index contributed by atoms with van der Waals surface area (Å²) in [6.45, 7) is 6.03. The Morgan fingerprint density at radius 2 is 2.00 bits per heavy atom. The van der Waals surface area contributed by atoms with Crippen LogP contribution in [0, 0.1) is 12.8 Å². The number of aromatic nitrogens is 2. The number of amides is 1. The van der Waals surface area contributed by atoms with Gasteiger partial charge in [0.2, 0.25) is 5.91 Å². The van der Waals surface area contributed by atoms with E-state index in [1.807, 2.05) is 41.5 Å². The number of benzene rings is 1. The van der Waals surface area contributed by atoms with E-state index in [0.717, 1.165) is 35.5 Å². The molecule has 5 nitrogen and oxygen atoms in total. The Morgan fingerprint density at radius 1 is 1.20 bits per heavy atom. The minimum atomic E-state index is -0.160. The van der Waals surface area contributed by atoms with Crippen molar-refractivity contribution in [1.82, 2.24) is 14.7 Å². The van der Waals surface area contributed by atoms with Crippen LogP contribution in [-0.2, 0) is 11.3 Å². The Hall–Kier alpha value is -2.73. The maximum atomic E-state index is 13.1. The van der Waals surface area contributed by atoms with Gasteiger partial charge in [0, 0.05) is 25.7 Å². The number of rotatable bonds is 5. The van der Waals surface area contributed by atoms with Crippen molar-refractivity contribution in [3.05, 3.63) is 75.4 Å². The van der Waals surface area contributed by atoms with Gasteiger partial charge < -0.3 is 4.90 Å². The lowest BCUT2D eigenvalue weighted by molar-refractivity contribution is -0.134. The third-order valence-electron chi connectivity index (χ3n) is 5.85. The van der Waals surface area contributed by atoms with Crippen molar-refractivity contribution in [3.63, 3.8) is 0 Å². The van der Waals surface area contributed by atoms with Crippen molar-refractivity contribution in [2.75, 3.05) is 13.1 Å². The number of aryl methyl sites for hydroxylation is 1. The highest BCUT2D eigenvalue weighted by atomic mass is 32.1. The van der Waals surface area contributed by atoms with E-state index in [2.05, 4.69) is 24.2 Å². The Bertz CT molecular complexity index is 1060. The number of piperidine rings is 1. The number of hydrogen-bond acceptors (Lipinski definition) is 4. The molecule has 0 spiro atoms. The van der Waals surface area contributed by atoms with Crippen LogP contribution in [0.5, 0.6) is 0 Å². The van der Waals surface area contributed by atoms with Gasteiger partial charge in [-0.05, 0) is 55.7 Å². The summed E-state index contributed by atoms with van der Waals surface area (Å²) in [5.74, 6) is 0.236. The van der Waals surface area contributed by atoms with E-state index in [1.165, 1.54) is 5.56 Å². The van der Waals surface area contributed by atoms with Crippen molar-refractivity contribution in [3.8, 4) is 10.6 Å². The largest absolute Gasteiger partial charge is 0.342 e. The molecular formula is C24H27N3O2S. The summed E-state index contributed by atoms with van der Waals surface area (Å²) in [6, 6.07) is 15.6. The number of thiophene rings is 1. The van der Waals surface area contributed by atoms with Crippen LogP contribution in [0.2, 0.25) is 0 Å². The molecule has 0 saturated carbocycles. The maximum absolute atomic E-state index is 13.1. The van der Waals surface area contributed by atoms with Crippen LogP contribution in [0.1, 0.15) is 36.8 Å². The first-order chi connectivity index (χ1) is 14.5. The second kappa shape index (κ2) is 8.96. The molecular weight excluding hydrogens is 394 g/mol. The van der Waals surface area contributed by atoms with Gasteiger partial charge in [0.05, 0.1) is 10.8 Å². The molecule has 4 rings (SSSR count). The molecule has 1 aliphatic heterocycles. The molecule has 0 unspecified atom stereocenters. The van der Waals surface area contributed by atoms with Crippen LogP contribution in [0.3, 0.4) is 0 Å². The van der Waals surface area contributed by atoms with Crippen LogP contribution in [-0.4, -0.2) is 33.7 Å². The van der Waals surface area contributed by atoms with E-state index < -0.39 is 0 Å². The molecule has 6 heteroatoms. The summed E-state index contributed by atoms with van der Waals surface area (Å²) in [5.41, 5.74) is 2.97. The van der Waals surface area contributed by atoms with E-state index in [0.29, 0.717) is 13.1 Å². The van der Waals surface area contributed by atoms with Crippen LogP contribution in [0.15, 0.2) is 58.7 Å². The molecule has 156 valence electrons. The van der Waals surface area contributed by atoms with E-state index in [1.54, 1.807) is 28.2 Å². The molecule has 0 radical (unpaired) electrons. The first-order valence-electron chi connectivity index (χ1n) is 10.5. The second-order valence-corrected chi connectivity index (χ2v) is 9.09. The molecule has 0 aliphatic carbocycles. The van der Waals surface area contributed by atoms with Crippen LogP contribution in [0.4, 0.5) is 0 Å². The zero-order valence-electron chi connectivity index (χ0n) is 17.5. The molecule has 3 aromatic rings. The molecule has 30 heavy (non-hydrogen) atoms. The lowest BCUT2D eigenvalue weighted by Gasteiger charge is -2.34.